The van der Waals surface area contributed by atoms with Gasteiger partial charge in [-0.25, -0.2) is 4.98 Å². The second kappa shape index (κ2) is 5.65. The Morgan fingerprint density at radius 3 is 2.72 bits per heavy atom. The molecule has 0 aromatic carbocycles. The molecule has 0 saturated heterocycles. The number of nitrogens with one attached hydrogen (secondary N) is 1. The normalized spacial score (nSPS) is 11.3. The molecule has 0 amide bonds. The van der Waals surface area contributed by atoms with Crippen molar-refractivity contribution in [2.45, 2.75) is 25.9 Å². The maximum atomic E-state index is 11.9. The van der Waals surface area contributed by atoms with Gasteiger partial charge in [0.25, 0.3) is 5.69 Å². The van der Waals surface area contributed by atoms with Crippen LogP contribution in [0.2, 0.25) is 0 Å². The summed E-state index contributed by atoms with van der Waals surface area (Å²) < 4.78 is 35.6. The lowest BCUT2D eigenvalue weighted by atomic mass is 10.2. The molecule has 0 aliphatic carbocycles. The number of rotatable bonds is 5. The Bertz CT molecular complexity index is 435. The van der Waals surface area contributed by atoms with Crippen LogP contribution in [0.1, 0.15) is 18.4 Å². The number of aromatic nitrogens is 1. The second-order valence-corrected chi connectivity index (χ2v) is 3.76. The zero-order chi connectivity index (χ0) is 13.8. The summed E-state index contributed by atoms with van der Waals surface area (Å²) >= 11 is 0. The molecule has 8 heteroatoms. The van der Waals surface area contributed by atoms with E-state index in [1.165, 1.54) is 12.3 Å². The summed E-state index contributed by atoms with van der Waals surface area (Å²) in [5, 5.41) is 13.3. The average molecular weight is 263 g/mol. The summed E-state index contributed by atoms with van der Waals surface area (Å²) in [4.78, 5) is 13.9. The van der Waals surface area contributed by atoms with E-state index in [1.54, 1.807) is 6.92 Å². The molecule has 0 spiro atoms. The minimum absolute atomic E-state index is 0.0622. The maximum Gasteiger partial charge on any atom is 0.389 e. The molecule has 0 fully saturated rings. The van der Waals surface area contributed by atoms with Crippen LogP contribution >= 0.6 is 0 Å². The highest BCUT2D eigenvalue weighted by molar-refractivity contribution is 5.48. The van der Waals surface area contributed by atoms with Crippen LogP contribution in [0.4, 0.5) is 24.7 Å². The summed E-state index contributed by atoms with van der Waals surface area (Å²) in [6.07, 6.45) is -3.88. The molecule has 0 aliphatic rings. The van der Waals surface area contributed by atoms with Crippen LogP contribution in [0.25, 0.3) is 0 Å². The van der Waals surface area contributed by atoms with Crippen LogP contribution in [0.15, 0.2) is 12.3 Å². The number of nitro groups is 1. The third kappa shape index (κ3) is 4.56. The summed E-state index contributed by atoms with van der Waals surface area (Å²) in [6, 6.07) is 1.21. The molecular weight excluding hydrogens is 251 g/mol. The lowest BCUT2D eigenvalue weighted by molar-refractivity contribution is -0.385. The number of halogens is 3. The van der Waals surface area contributed by atoms with E-state index < -0.39 is 17.5 Å². The SMILES string of the molecule is Cc1cnc(NCCCC(F)(F)F)cc1[N+](=O)[O-]. The lowest BCUT2D eigenvalue weighted by Crippen LogP contribution is -2.11. The van der Waals surface area contributed by atoms with Crippen LogP contribution in [-0.4, -0.2) is 22.6 Å². The lowest BCUT2D eigenvalue weighted by Gasteiger charge is -2.08. The molecule has 100 valence electrons. The van der Waals surface area contributed by atoms with E-state index >= 15 is 0 Å². The van der Waals surface area contributed by atoms with Crippen molar-refractivity contribution in [1.82, 2.24) is 4.98 Å². The van der Waals surface area contributed by atoms with Crippen molar-refractivity contribution in [2.75, 3.05) is 11.9 Å². The number of nitrogens with zero attached hydrogens (tertiary/aromatic N) is 2. The standard InChI is InChI=1S/C10H12F3N3O2/c1-7-6-15-9(5-8(7)16(17)18)14-4-2-3-10(11,12)13/h5-6H,2-4H2,1H3,(H,14,15). The predicted octanol–water partition coefficient (Wildman–Crippen LogP) is 3.05. The highest BCUT2D eigenvalue weighted by atomic mass is 19.4. The third-order valence-electron chi connectivity index (χ3n) is 2.21. The van der Waals surface area contributed by atoms with Gasteiger partial charge >= 0.3 is 6.18 Å². The highest BCUT2D eigenvalue weighted by Crippen LogP contribution is 2.22. The number of anilines is 1. The Morgan fingerprint density at radius 2 is 2.17 bits per heavy atom. The molecule has 0 aliphatic heterocycles. The predicted molar refractivity (Wildman–Crippen MR) is 59.4 cm³/mol. The Balaban J connectivity index is 2.53. The third-order valence-corrected chi connectivity index (χ3v) is 2.21. The van der Waals surface area contributed by atoms with Gasteiger partial charge in [-0.05, 0) is 13.3 Å². The molecule has 1 aromatic rings. The van der Waals surface area contributed by atoms with Crippen LogP contribution in [0.5, 0.6) is 0 Å². The Kier molecular flexibility index (Phi) is 4.46. The highest BCUT2D eigenvalue weighted by Gasteiger charge is 2.25. The molecule has 0 unspecified atom stereocenters. The first-order valence-electron chi connectivity index (χ1n) is 5.21. The van der Waals surface area contributed by atoms with Crippen molar-refractivity contribution >= 4 is 11.5 Å². The summed E-state index contributed by atoms with van der Waals surface area (Å²) in [6.45, 7) is 1.60. The van der Waals surface area contributed by atoms with Gasteiger partial charge in [-0.1, -0.05) is 0 Å². The van der Waals surface area contributed by atoms with Crippen LogP contribution in [-0.2, 0) is 0 Å². The van der Waals surface area contributed by atoms with Gasteiger partial charge in [-0.15, -0.1) is 0 Å². The second-order valence-electron chi connectivity index (χ2n) is 3.76. The molecule has 0 atom stereocenters. The van der Waals surface area contributed by atoms with E-state index in [0.717, 1.165) is 0 Å². The van der Waals surface area contributed by atoms with E-state index in [1.807, 2.05) is 0 Å². The van der Waals surface area contributed by atoms with Gasteiger partial charge in [-0.2, -0.15) is 13.2 Å². The molecule has 1 rings (SSSR count). The van der Waals surface area contributed by atoms with Crippen molar-refractivity contribution in [3.63, 3.8) is 0 Å². The van der Waals surface area contributed by atoms with Gasteiger partial charge in [0.1, 0.15) is 5.82 Å². The van der Waals surface area contributed by atoms with E-state index in [-0.39, 0.29) is 24.5 Å². The monoisotopic (exact) mass is 263 g/mol. The number of pyridine rings is 1. The molecule has 1 heterocycles. The van der Waals surface area contributed by atoms with Gasteiger partial charge in [0.15, 0.2) is 0 Å². The molecule has 18 heavy (non-hydrogen) atoms. The first-order valence-corrected chi connectivity index (χ1v) is 5.21. The fourth-order valence-corrected chi connectivity index (χ4v) is 1.31. The van der Waals surface area contributed by atoms with Gasteiger partial charge in [0.2, 0.25) is 0 Å². The molecule has 5 nitrogen and oxygen atoms in total. The van der Waals surface area contributed by atoms with Crippen molar-refractivity contribution in [3.8, 4) is 0 Å². The molecule has 0 radical (unpaired) electrons. The molecule has 1 N–H and O–H groups in total. The quantitative estimate of drug-likeness (QED) is 0.503. The van der Waals surface area contributed by atoms with Crippen LogP contribution in [0, 0.1) is 17.0 Å². The topological polar surface area (TPSA) is 68.1 Å². The van der Waals surface area contributed by atoms with E-state index in [0.29, 0.717) is 5.56 Å². The zero-order valence-electron chi connectivity index (χ0n) is 9.62. The Hall–Kier alpha value is -1.86. The molecule has 0 saturated carbocycles. The van der Waals surface area contributed by atoms with Gasteiger partial charge < -0.3 is 5.32 Å². The van der Waals surface area contributed by atoms with Crippen molar-refractivity contribution in [1.29, 1.82) is 0 Å². The Labute approximate surface area is 101 Å². The maximum absolute atomic E-state index is 11.9. The van der Waals surface area contributed by atoms with Gasteiger partial charge in [0, 0.05) is 24.7 Å². The van der Waals surface area contributed by atoms with E-state index in [9.17, 15) is 23.3 Å². The van der Waals surface area contributed by atoms with Crippen LogP contribution < -0.4 is 5.32 Å². The van der Waals surface area contributed by atoms with Crippen molar-refractivity contribution in [2.24, 2.45) is 0 Å². The molecular formula is C10H12F3N3O2. The minimum atomic E-state index is -4.19. The van der Waals surface area contributed by atoms with Crippen LogP contribution in [0.3, 0.4) is 0 Å². The van der Waals surface area contributed by atoms with E-state index in [2.05, 4.69) is 10.3 Å². The minimum Gasteiger partial charge on any atom is -0.370 e. The van der Waals surface area contributed by atoms with E-state index in [4.69, 9.17) is 0 Å². The largest absolute Gasteiger partial charge is 0.389 e. The number of hydrogen-bond donors (Lipinski definition) is 1. The van der Waals surface area contributed by atoms with Gasteiger partial charge in [0.05, 0.1) is 11.0 Å². The molecule has 0 bridgehead atoms. The fraction of sp³-hybridized carbons (Fsp3) is 0.500. The summed E-state index contributed by atoms with van der Waals surface area (Å²) in [5.74, 6) is 0.203. The Morgan fingerprint density at radius 1 is 1.50 bits per heavy atom. The van der Waals surface area contributed by atoms with Crippen molar-refractivity contribution < 1.29 is 18.1 Å². The summed E-state index contributed by atoms with van der Waals surface area (Å²) in [5.41, 5.74) is 0.296. The van der Waals surface area contributed by atoms with Gasteiger partial charge in [-0.3, -0.25) is 10.1 Å². The smallest absolute Gasteiger partial charge is 0.370 e. The number of hydrogen-bond acceptors (Lipinski definition) is 4. The zero-order valence-corrected chi connectivity index (χ0v) is 9.62. The van der Waals surface area contributed by atoms with Crippen molar-refractivity contribution in [3.05, 3.63) is 27.9 Å². The molecule has 1 aromatic heterocycles. The first kappa shape index (κ1) is 14.2. The first-order chi connectivity index (χ1) is 8.29. The summed E-state index contributed by atoms with van der Waals surface area (Å²) in [7, 11) is 0. The fourth-order valence-electron chi connectivity index (χ4n) is 1.31. The number of alkyl halides is 3. The number of aryl methyl sites for hydroxylation is 1. The average Bonchev–Trinajstić information content (AvgIpc) is 2.24.